The monoisotopic (exact) mass is 543 g/mol. The van der Waals surface area contributed by atoms with Gasteiger partial charge in [0.15, 0.2) is 5.82 Å². The zero-order valence-corrected chi connectivity index (χ0v) is 20.9. The van der Waals surface area contributed by atoms with Crippen molar-refractivity contribution in [1.29, 1.82) is 0 Å². The molecular weight excluding hydrogens is 522 g/mol. The standard InChI is InChI=1S/C24H22BrN3O3S2/c25-22-20(15-7-3-1-4-8-15)21-23(27-16-11-12-17(27)14-18(29)13-16)26-28(24(21)32-22)33(30,31)19-9-5-2-6-10-19/h1-10,16-18,29H,11-14H2. The summed E-state index contributed by atoms with van der Waals surface area (Å²) in [5, 5.41) is 16.0. The van der Waals surface area contributed by atoms with E-state index in [-0.39, 0.29) is 23.1 Å². The Morgan fingerprint density at radius 3 is 2.21 bits per heavy atom. The SMILES string of the molecule is O=S(=O)(c1ccccc1)n1nc(N2C3CCC2CC(O)C3)c2c(-c3ccccc3)c(Br)sc21. The predicted molar refractivity (Wildman–Crippen MR) is 134 cm³/mol. The second-order valence-electron chi connectivity index (χ2n) is 8.70. The number of hydrogen-bond acceptors (Lipinski definition) is 6. The van der Waals surface area contributed by atoms with Crippen molar-refractivity contribution < 1.29 is 13.5 Å². The molecule has 0 spiro atoms. The van der Waals surface area contributed by atoms with E-state index in [2.05, 4.69) is 20.8 Å². The molecule has 0 aliphatic carbocycles. The number of aliphatic hydroxyl groups excluding tert-OH is 1. The van der Waals surface area contributed by atoms with Crippen LogP contribution >= 0.6 is 27.3 Å². The highest BCUT2D eigenvalue weighted by Gasteiger charge is 2.43. The number of rotatable bonds is 4. The molecule has 6 nitrogen and oxygen atoms in total. The molecule has 0 radical (unpaired) electrons. The summed E-state index contributed by atoms with van der Waals surface area (Å²) in [6, 6.07) is 18.8. The van der Waals surface area contributed by atoms with Gasteiger partial charge >= 0.3 is 0 Å². The highest BCUT2D eigenvalue weighted by Crippen LogP contribution is 2.50. The van der Waals surface area contributed by atoms with Crippen LogP contribution in [0.4, 0.5) is 5.82 Å². The number of hydrogen-bond donors (Lipinski definition) is 1. The second kappa shape index (κ2) is 7.94. The van der Waals surface area contributed by atoms with E-state index in [4.69, 9.17) is 5.10 Å². The Labute approximate surface area is 204 Å². The van der Waals surface area contributed by atoms with Gasteiger partial charge < -0.3 is 10.0 Å². The Balaban J connectivity index is 1.63. The fourth-order valence-electron chi connectivity index (χ4n) is 5.31. The largest absolute Gasteiger partial charge is 0.393 e. The van der Waals surface area contributed by atoms with Crippen LogP contribution in [0, 0.1) is 0 Å². The maximum absolute atomic E-state index is 13.7. The quantitative estimate of drug-likeness (QED) is 0.380. The molecule has 2 unspecified atom stereocenters. The van der Waals surface area contributed by atoms with Crippen molar-refractivity contribution in [2.24, 2.45) is 0 Å². The van der Waals surface area contributed by atoms with Crippen molar-refractivity contribution in [3.05, 3.63) is 64.5 Å². The highest BCUT2D eigenvalue weighted by atomic mass is 79.9. The molecule has 2 aliphatic heterocycles. The van der Waals surface area contributed by atoms with Crippen molar-refractivity contribution >= 4 is 53.3 Å². The lowest BCUT2D eigenvalue weighted by Crippen LogP contribution is -2.45. The normalized spacial score (nSPS) is 22.8. The number of anilines is 1. The van der Waals surface area contributed by atoms with E-state index in [1.165, 1.54) is 15.4 Å². The molecule has 6 rings (SSSR count). The van der Waals surface area contributed by atoms with E-state index in [9.17, 15) is 13.5 Å². The topological polar surface area (TPSA) is 75.4 Å². The summed E-state index contributed by atoms with van der Waals surface area (Å²) in [6.45, 7) is 0. The van der Waals surface area contributed by atoms with Gasteiger partial charge in [-0.25, -0.2) is 0 Å². The molecule has 33 heavy (non-hydrogen) atoms. The van der Waals surface area contributed by atoms with Crippen molar-refractivity contribution in [2.75, 3.05) is 4.90 Å². The molecule has 2 aromatic heterocycles. The summed E-state index contributed by atoms with van der Waals surface area (Å²) in [5.74, 6) is 0.699. The number of aromatic nitrogens is 2. The minimum absolute atomic E-state index is 0.159. The van der Waals surface area contributed by atoms with Crippen LogP contribution in [0.2, 0.25) is 0 Å². The van der Waals surface area contributed by atoms with E-state index in [0.29, 0.717) is 23.5 Å². The minimum atomic E-state index is -3.88. The fraction of sp³-hybridized carbons (Fsp3) is 0.292. The first-order chi connectivity index (χ1) is 15.9. The molecule has 2 fully saturated rings. The predicted octanol–water partition coefficient (Wildman–Crippen LogP) is 5.26. The molecule has 4 aromatic rings. The molecule has 4 heterocycles. The molecule has 2 aromatic carbocycles. The van der Waals surface area contributed by atoms with Crippen molar-refractivity contribution in [2.45, 2.75) is 48.8 Å². The van der Waals surface area contributed by atoms with Gasteiger partial charge in [0, 0.05) is 17.6 Å². The average Bonchev–Trinajstić information content (AvgIpc) is 3.42. The third kappa shape index (κ3) is 3.36. The van der Waals surface area contributed by atoms with Gasteiger partial charge in [0.2, 0.25) is 0 Å². The summed E-state index contributed by atoms with van der Waals surface area (Å²) in [6.07, 6.45) is 3.01. The Hall–Kier alpha value is -2.20. The summed E-state index contributed by atoms with van der Waals surface area (Å²) in [4.78, 5) is 3.09. The second-order valence-corrected chi connectivity index (χ2v) is 12.8. The first-order valence-corrected chi connectivity index (χ1v) is 14.0. The number of fused-ring (bicyclic) bond motifs is 3. The molecule has 9 heteroatoms. The lowest BCUT2D eigenvalue weighted by atomic mass is 9.99. The van der Waals surface area contributed by atoms with Gasteiger partial charge in [-0.15, -0.1) is 20.5 Å². The third-order valence-electron chi connectivity index (χ3n) is 6.71. The number of thiophene rings is 1. The van der Waals surface area contributed by atoms with Gasteiger partial charge in [0.1, 0.15) is 4.83 Å². The van der Waals surface area contributed by atoms with Gasteiger partial charge in [-0.1, -0.05) is 48.5 Å². The Morgan fingerprint density at radius 1 is 0.970 bits per heavy atom. The van der Waals surface area contributed by atoms with Crippen molar-refractivity contribution in [3.63, 3.8) is 0 Å². The number of aliphatic hydroxyl groups is 1. The molecule has 170 valence electrons. The number of piperidine rings is 1. The van der Waals surface area contributed by atoms with Crippen LogP contribution in [0.5, 0.6) is 0 Å². The number of benzene rings is 2. The smallest absolute Gasteiger partial charge is 0.284 e. The van der Waals surface area contributed by atoms with Crippen LogP contribution in [0.1, 0.15) is 25.7 Å². The van der Waals surface area contributed by atoms with Crippen LogP contribution in [0.25, 0.3) is 21.3 Å². The molecule has 2 aliphatic rings. The molecule has 0 saturated carbocycles. The van der Waals surface area contributed by atoms with Crippen molar-refractivity contribution in [3.8, 4) is 11.1 Å². The summed E-state index contributed by atoms with van der Waals surface area (Å²) in [7, 11) is -3.88. The zero-order chi connectivity index (χ0) is 22.7. The van der Waals surface area contributed by atoms with Crippen molar-refractivity contribution in [1.82, 2.24) is 9.19 Å². The highest BCUT2D eigenvalue weighted by molar-refractivity contribution is 9.11. The first kappa shape index (κ1) is 21.3. The molecule has 2 bridgehead atoms. The van der Waals surface area contributed by atoms with E-state index in [1.54, 1.807) is 30.3 Å². The summed E-state index contributed by atoms with van der Waals surface area (Å²) < 4.78 is 29.4. The molecule has 2 atom stereocenters. The maximum Gasteiger partial charge on any atom is 0.284 e. The molecular formula is C24H22BrN3O3S2. The van der Waals surface area contributed by atoms with E-state index < -0.39 is 10.0 Å². The minimum Gasteiger partial charge on any atom is -0.393 e. The van der Waals surface area contributed by atoms with Gasteiger partial charge in [-0.05, 0) is 59.3 Å². The van der Waals surface area contributed by atoms with Crippen LogP contribution < -0.4 is 4.90 Å². The summed E-state index contributed by atoms with van der Waals surface area (Å²) >= 11 is 5.11. The fourth-order valence-corrected chi connectivity index (χ4v) is 8.70. The Morgan fingerprint density at radius 2 is 1.58 bits per heavy atom. The lowest BCUT2D eigenvalue weighted by Gasteiger charge is -2.37. The van der Waals surface area contributed by atoms with Crippen LogP contribution in [-0.2, 0) is 10.0 Å². The van der Waals surface area contributed by atoms with Gasteiger partial charge in [0.05, 0.1) is 20.2 Å². The van der Waals surface area contributed by atoms with Crippen LogP contribution in [0.3, 0.4) is 0 Å². The molecule has 0 amide bonds. The Bertz CT molecular complexity index is 1420. The maximum atomic E-state index is 13.7. The number of nitrogens with zero attached hydrogens (tertiary/aromatic N) is 3. The van der Waals surface area contributed by atoms with E-state index >= 15 is 0 Å². The third-order valence-corrected chi connectivity index (χ3v) is 10.3. The first-order valence-electron chi connectivity index (χ1n) is 11.0. The van der Waals surface area contributed by atoms with Crippen LogP contribution in [-0.4, -0.2) is 40.9 Å². The number of halogens is 1. The molecule has 1 N–H and O–H groups in total. The van der Waals surface area contributed by atoms with Gasteiger partial charge in [0.25, 0.3) is 10.0 Å². The average molecular weight is 544 g/mol. The van der Waals surface area contributed by atoms with Crippen LogP contribution in [0.15, 0.2) is 69.3 Å². The van der Waals surface area contributed by atoms with Gasteiger partial charge in [-0.3, -0.25) is 0 Å². The Kier molecular flexibility index (Phi) is 5.13. The lowest BCUT2D eigenvalue weighted by molar-refractivity contribution is 0.126. The molecule has 2 saturated heterocycles. The van der Waals surface area contributed by atoms with E-state index in [0.717, 1.165) is 33.1 Å². The van der Waals surface area contributed by atoms with E-state index in [1.807, 2.05) is 30.3 Å². The van der Waals surface area contributed by atoms with Gasteiger partial charge in [-0.2, -0.15) is 8.42 Å². The summed E-state index contributed by atoms with van der Waals surface area (Å²) in [5.41, 5.74) is 1.98. The zero-order valence-electron chi connectivity index (χ0n) is 17.6.